The van der Waals surface area contributed by atoms with E-state index < -0.39 is 0 Å². The SMILES string of the molecule is CC.CC1CCCN(CCNO)C1.[HH]. The highest BCUT2D eigenvalue weighted by molar-refractivity contribution is 4.69. The standard InChI is InChI=1S/C8H18N2O.C2H6.H2/c1-8-3-2-5-10(7-8)6-4-9-11;1-2;/h8-9,11H,2-7H2,1H3;1-2H3;1H. The molecule has 3 nitrogen and oxygen atoms in total. The Morgan fingerprint density at radius 1 is 1.54 bits per heavy atom. The van der Waals surface area contributed by atoms with E-state index in [9.17, 15) is 0 Å². The topological polar surface area (TPSA) is 35.5 Å². The van der Waals surface area contributed by atoms with Crippen LogP contribution in [0.4, 0.5) is 0 Å². The maximum absolute atomic E-state index is 8.39. The van der Waals surface area contributed by atoms with Gasteiger partial charge in [-0.15, -0.1) is 0 Å². The van der Waals surface area contributed by atoms with Crippen LogP contribution in [0.1, 0.15) is 35.0 Å². The molecule has 1 atom stereocenters. The first-order chi connectivity index (χ1) is 6.33. The molecular formula is C10H26N2O. The van der Waals surface area contributed by atoms with Gasteiger partial charge in [-0.1, -0.05) is 20.8 Å². The van der Waals surface area contributed by atoms with Crippen molar-refractivity contribution in [3.8, 4) is 0 Å². The van der Waals surface area contributed by atoms with Gasteiger partial charge in [-0.05, 0) is 25.3 Å². The second kappa shape index (κ2) is 8.48. The number of likely N-dealkylation sites (tertiary alicyclic amines) is 1. The predicted octanol–water partition coefficient (Wildman–Crippen LogP) is 1.97. The summed E-state index contributed by atoms with van der Waals surface area (Å²) in [7, 11) is 0. The minimum absolute atomic E-state index is 0. The van der Waals surface area contributed by atoms with E-state index in [1.54, 1.807) is 0 Å². The number of rotatable bonds is 3. The first kappa shape index (κ1) is 12.9. The minimum atomic E-state index is 0. The van der Waals surface area contributed by atoms with E-state index in [1.807, 2.05) is 13.8 Å². The van der Waals surface area contributed by atoms with Gasteiger partial charge in [0.25, 0.3) is 0 Å². The normalized spacial score (nSPS) is 23.5. The third-order valence-corrected chi connectivity index (χ3v) is 2.28. The lowest BCUT2D eigenvalue weighted by Gasteiger charge is -2.30. The van der Waals surface area contributed by atoms with Crippen molar-refractivity contribution in [1.82, 2.24) is 10.4 Å². The van der Waals surface area contributed by atoms with Gasteiger partial charge in [-0.2, -0.15) is 0 Å². The van der Waals surface area contributed by atoms with Crippen LogP contribution < -0.4 is 5.48 Å². The predicted molar refractivity (Wildman–Crippen MR) is 58.1 cm³/mol. The zero-order chi connectivity index (χ0) is 10.1. The fourth-order valence-corrected chi connectivity index (χ4v) is 1.70. The lowest BCUT2D eigenvalue weighted by Crippen LogP contribution is -2.38. The molecule has 0 aromatic rings. The molecule has 13 heavy (non-hydrogen) atoms. The van der Waals surface area contributed by atoms with Gasteiger partial charge < -0.3 is 10.1 Å². The number of piperidine rings is 1. The lowest BCUT2D eigenvalue weighted by atomic mass is 10.0. The molecule has 0 spiro atoms. The summed E-state index contributed by atoms with van der Waals surface area (Å²) in [4.78, 5) is 2.40. The van der Waals surface area contributed by atoms with Crippen LogP contribution >= 0.6 is 0 Å². The van der Waals surface area contributed by atoms with Crippen molar-refractivity contribution in [2.24, 2.45) is 5.92 Å². The maximum atomic E-state index is 8.39. The molecule has 1 saturated heterocycles. The summed E-state index contributed by atoms with van der Waals surface area (Å²) in [5.41, 5.74) is 2.19. The summed E-state index contributed by atoms with van der Waals surface area (Å²) < 4.78 is 0. The number of hydrogen-bond donors (Lipinski definition) is 2. The Hall–Kier alpha value is -0.120. The fourth-order valence-electron chi connectivity index (χ4n) is 1.70. The first-order valence-corrected chi connectivity index (χ1v) is 5.42. The molecule has 3 heteroatoms. The van der Waals surface area contributed by atoms with Crippen LogP contribution in [0.5, 0.6) is 0 Å². The van der Waals surface area contributed by atoms with Crippen molar-refractivity contribution in [1.29, 1.82) is 0 Å². The van der Waals surface area contributed by atoms with Crippen molar-refractivity contribution in [2.75, 3.05) is 26.2 Å². The molecule has 0 saturated carbocycles. The average Bonchev–Trinajstić information content (AvgIpc) is 2.18. The number of nitrogens with one attached hydrogen (secondary N) is 1. The Bertz CT molecular complexity index is 114. The second-order valence-electron chi connectivity index (χ2n) is 3.46. The number of hydroxylamine groups is 1. The van der Waals surface area contributed by atoms with Gasteiger partial charge in [-0.3, -0.25) is 0 Å². The summed E-state index contributed by atoms with van der Waals surface area (Å²) in [5, 5.41) is 8.39. The van der Waals surface area contributed by atoms with E-state index in [4.69, 9.17) is 5.21 Å². The molecule has 82 valence electrons. The average molecular weight is 190 g/mol. The van der Waals surface area contributed by atoms with Crippen LogP contribution in [0.3, 0.4) is 0 Å². The summed E-state index contributed by atoms with van der Waals surface area (Å²) >= 11 is 0. The highest BCUT2D eigenvalue weighted by Gasteiger charge is 2.14. The van der Waals surface area contributed by atoms with Gasteiger partial charge in [0.05, 0.1) is 0 Å². The zero-order valence-corrected chi connectivity index (χ0v) is 9.21. The summed E-state index contributed by atoms with van der Waals surface area (Å²) in [6, 6.07) is 0. The van der Waals surface area contributed by atoms with E-state index in [0.29, 0.717) is 6.54 Å². The third-order valence-electron chi connectivity index (χ3n) is 2.28. The van der Waals surface area contributed by atoms with Gasteiger partial charge >= 0.3 is 0 Å². The summed E-state index contributed by atoms with van der Waals surface area (Å²) in [5.74, 6) is 0.836. The van der Waals surface area contributed by atoms with Crippen LogP contribution in [0.15, 0.2) is 0 Å². The van der Waals surface area contributed by atoms with Crippen LogP contribution in [0, 0.1) is 5.92 Å². The number of nitrogens with zero attached hydrogens (tertiary/aromatic N) is 1. The van der Waals surface area contributed by atoms with Crippen LogP contribution in [-0.2, 0) is 0 Å². The molecule has 1 unspecified atom stereocenters. The smallest absolute Gasteiger partial charge is 0.0335 e. The highest BCUT2D eigenvalue weighted by atomic mass is 16.5. The maximum Gasteiger partial charge on any atom is 0.0335 e. The molecule has 2 N–H and O–H groups in total. The van der Waals surface area contributed by atoms with E-state index >= 15 is 0 Å². The zero-order valence-electron chi connectivity index (χ0n) is 9.21. The van der Waals surface area contributed by atoms with Gasteiger partial charge in [-0.25, -0.2) is 5.48 Å². The van der Waals surface area contributed by atoms with Crippen molar-refractivity contribution >= 4 is 0 Å². The van der Waals surface area contributed by atoms with Gasteiger partial charge in [0.15, 0.2) is 0 Å². The van der Waals surface area contributed by atoms with Crippen LogP contribution in [0.2, 0.25) is 0 Å². The van der Waals surface area contributed by atoms with Crippen LogP contribution in [-0.4, -0.2) is 36.3 Å². The minimum Gasteiger partial charge on any atom is -0.317 e. The molecule has 0 amide bonds. The van der Waals surface area contributed by atoms with Gasteiger partial charge in [0, 0.05) is 21.1 Å². The quantitative estimate of drug-likeness (QED) is 0.668. The summed E-state index contributed by atoms with van der Waals surface area (Å²) in [6.45, 7) is 10.3. The molecule has 0 aliphatic carbocycles. The van der Waals surface area contributed by atoms with E-state index in [1.165, 1.54) is 25.9 Å². The molecule has 1 aliphatic heterocycles. The van der Waals surface area contributed by atoms with E-state index in [-0.39, 0.29) is 1.43 Å². The largest absolute Gasteiger partial charge is 0.317 e. The van der Waals surface area contributed by atoms with Crippen LogP contribution in [0.25, 0.3) is 0 Å². The van der Waals surface area contributed by atoms with Gasteiger partial charge in [0.2, 0.25) is 0 Å². The Balaban J connectivity index is 0. The molecule has 1 fully saturated rings. The Labute approximate surface area is 83.6 Å². The second-order valence-corrected chi connectivity index (χ2v) is 3.46. The van der Waals surface area contributed by atoms with Crippen molar-refractivity contribution < 1.29 is 6.63 Å². The molecule has 0 bridgehead atoms. The molecule has 0 aromatic carbocycles. The van der Waals surface area contributed by atoms with Crippen molar-refractivity contribution in [3.63, 3.8) is 0 Å². The van der Waals surface area contributed by atoms with E-state index in [2.05, 4.69) is 17.3 Å². The van der Waals surface area contributed by atoms with Gasteiger partial charge in [0.1, 0.15) is 0 Å². The molecule has 1 aliphatic rings. The lowest BCUT2D eigenvalue weighted by molar-refractivity contribution is 0.128. The first-order valence-electron chi connectivity index (χ1n) is 5.42. The van der Waals surface area contributed by atoms with E-state index in [0.717, 1.165) is 12.5 Å². The van der Waals surface area contributed by atoms with Crippen molar-refractivity contribution in [2.45, 2.75) is 33.6 Å². The molecule has 0 radical (unpaired) electrons. The number of hydrogen-bond acceptors (Lipinski definition) is 3. The highest BCUT2D eigenvalue weighted by Crippen LogP contribution is 2.14. The summed E-state index contributed by atoms with van der Waals surface area (Å²) in [6.07, 6.45) is 2.68. The monoisotopic (exact) mass is 190 g/mol. The third kappa shape index (κ3) is 6.02. The Morgan fingerprint density at radius 3 is 2.77 bits per heavy atom. The molecular weight excluding hydrogens is 164 g/mol. The fraction of sp³-hybridized carbons (Fsp3) is 1.00. The molecule has 1 heterocycles. The van der Waals surface area contributed by atoms with Crippen molar-refractivity contribution in [3.05, 3.63) is 0 Å². The molecule has 0 aromatic heterocycles. The Kier molecular flexibility index (Phi) is 8.40. The molecule has 1 rings (SSSR count). The Morgan fingerprint density at radius 2 is 2.23 bits per heavy atom.